The summed E-state index contributed by atoms with van der Waals surface area (Å²) in [4.78, 5) is 23.9. The van der Waals surface area contributed by atoms with E-state index in [4.69, 9.17) is 19.2 Å². The van der Waals surface area contributed by atoms with Crippen LogP contribution in [0, 0.1) is 0 Å². The molecular formula is C28H32N4O4. The lowest BCUT2D eigenvalue weighted by atomic mass is 10.1. The van der Waals surface area contributed by atoms with Gasteiger partial charge in [0.05, 0.1) is 38.1 Å². The third-order valence-corrected chi connectivity index (χ3v) is 6.51. The third-order valence-electron chi connectivity index (χ3n) is 6.51. The van der Waals surface area contributed by atoms with E-state index in [1.807, 2.05) is 49.4 Å². The van der Waals surface area contributed by atoms with Crippen LogP contribution in [0.25, 0.3) is 33.1 Å². The number of amides is 1. The van der Waals surface area contributed by atoms with Crippen LogP contribution in [0.15, 0.2) is 48.5 Å². The van der Waals surface area contributed by atoms with Gasteiger partial charge in [0.25, 0.3) is 5.91 Å². The Morgan fingerprint density at radius 2 is 1.94 bits per heavy atom. The number of fused-ring (bicyclic) bond motifs is 3. The lowest BCUT2D eigenvalue weighted by Gasteiger charge is -2.26. The van der Waals surface area contributed by atoms with Gasteiger partial charge in [-0.25, -0.2) is 4.98 Å². The van der Waals surface area contributed by atoms with Crippen LogP contribution < -0.4 is 14.8 Å². The number of nitrogens with zero attached hydrogens (tertiary/aromatic N) is 2. The molecule has 5 rings (SSSR count). The molecule has 3 heterocycles. The highest BCUT2D eigenvalue weighted by molar-refractivity contribution is 6.13. The zero-order valence-corrected chi connectivity index (χ0v) is 20.8. The van der Waals surface area contributed by atoms with E-state index in [0.29, 0.717) is 36.0 Å². The van der Waals surface area contributed by atoms with E-state index >= 15 is 0 Å². The summed E-state index contributed by atoms with van der Waals surface area (Å²) >= 11 is 0. The number of nitrogens with one attached hydrogen (secondary N) is 2. The molecule has 36 heavy (non-hydrogen) atoms. The number of benzene rings is 2. The smallest absolute Gasteiger partial charge is 0.269 e. The van der Waals surface area contributed by atoms with E-state index in [9.17, 15) is 4.79 Å². The first-order chi connectivity index (χ1) is 17.7. The first-order valence-corrected chi connectivity index (χ1v) is 12.5. The number of aromatic nitrogens is 2. The van der Waals surface area contributed by atoms with Crippen molar-refractivity contribution in [2.45, 2.75) is 13.3 Å². The molecule has 0 spiro atoms. The predicted octanol–water partition coefficient (Wildman–Crippen LogP) is 4.24. The number of para-hydroxylation sites is 1. The second-order valence-corrected chi connectivity index (χ2v) is 8.81. The summed E-state index contributed by atoms with van der Waals surface area (Å²) in [6.45, 7) is 7.46. The van der Waals surface area contributed by atoms with E-state index in [0.717, 1.165) is 66.6 Å². The Kier molecular flexibility index (Phi) is 7.34. The fraction of sp³-hybridized carbons (Fsp3) is 0.357. The van der Waals surface area contributed by atoms with Gasteiger partial charge in [0.15, 0.2) is 11.5 Å². The van der Waals surface area contributed by atoms with Crippen molar-refractivity contribution in [2.75, 3.05) is 53.1 Å². The lowest BCUT2D eigenvalue weighted by Crippen LogP contribution is -2.38. The minimum atomic E-state index is -0.177. The first kappa shape index (κ1) is 24.1. The number of pyridine rings is 1. The fourth-order valence-electron chi connectivity index (χ4n) is 4.68. The van der Waals surface area contributed by atoms with Crippen LogP contribution in [0.1, 0.15) is 23.8 Å². The van der Waals surface area contributed by atoms with E-state index < -0.39 is 0 Å². The van der Waals surface area contributed by atoms with Crippen LogP contribution in [0.5, 0.6) is 11.5 Å². The van der Waals surface area contributed by atoms with E-state index in [-0.39, 0.29) is 5.91 Å². The molecule has 8 heteroatoms. The van der Waals surface area contributed by atoms with Gasteiger partial charge in [-0.3, -0.25) is 9.69 Å². The van der Waals surface area contributed by atoms with E-state index in [1.54, 1.807) is 7.11 Å². The Bertz CT molecular complexity index is 1360. The van der Waals surface area contributed by atoms with Gasteiger partial charge in [0.1, 0.15) is 5.69 Å². The minimum absolute atomic E-state index is 0.177. The zero-order chi connectivity index (χ0) is 24.9. The molecule has 0 saturated carbocycles. The van der Waals surface area contributed by atoms with Crippen LogP contribution in [0.2, 0.25) is 0 Å². The van der Waals surface area contributed by atoms with Crippen molar-refractivity contribution in [1.29, 1.82) is 0 Å². The Balaban J connectivity index is 1.46. The number of aromatic amines is 1. The average molecular weight is 489 g/mol. The monoisotopic (exact) mass is 488 g/mol. The van der Waals surface area contributed by atoms with Gasteiger partial charge < -0.3 is 24.5 Å². The quantitative estimate of drug-likeness (QED) is 0.343. The highest BCUT2D eigenvalue weighted by Crippen LogP contribution is 2.36. The van der Waals surface area contributed by atoms with Crippen molar-refractivity contribution in [3.8, 4) is 22.8 Å². The maximum absolute atomic E-state index is 13.2. The lowest BCUT2D eigenvalue weighted by molar-refractivity contribution is 0.0374. The summed E-state index contributed by atoms with van der Waals surface area (Å²) in [7, 11) is 1.62. The number of methoxy groups -OCH3 is 1. The predicted molar refractivity (Wildman–Crippen MR) is 141 cm³/mol. The molecule has 1 amide bonds. The number of carbonyl (C=O) groups excluding carboxylic acids is 1. The molecule has 0 radical (unpaired) electrons. The molecule has 0 unspecified atom stereocenters. The first-order valence-electron chi connectivity index (χ1n) is 12.5. The normalized spacial score (nSPS) is 14.3. The number of morpholine rings is 1. The maximum Gasteiger partial charge on any atom is 0.269 e. The summed E-state index contributed by atoms with van der Waals surface area (Å²) in [6, 6.07) is 15.7. The SMILES string of the molecule is CCOc1ccc(-c2nc(C(=O)NCCCN3CCOCC3)cc3c2[nH]c2ccccc23)cc1OC. The number of H-pyrrole nitrogens is 1. The Hall–Kier alpha value is -3.62. The highest BCUT2D eigenvalue weighted by atomic mass is 16.5. The Morgan fingerprint density at radius 3 is 2.75 bits per heavy atom. The molecule has 4 aromatic rings. The van der Waals surface area contributed by atoms with Crippen molar-refractivity contribution in [3.05, 3.63) is 54.2 Å². The molecular weight excluding hydrogens is 456 g/mol. The zero-order valence-electron chi connectivity index (χ0n) is 20.8. The molecule has 2 aromatic carbocycles. The van der Waals surface area contributed by atoms with Crippen molar-refractivity contribution in [2.24, 2.45) is 0 Å². The van der Waals surface area contributed by atoms with Gasteiger partial charge >= 0.3 is 0 Å². The van der Waals surface area contributed by atoms with Crippen molar-refractivity contribution in [1.82, 2.24) is 20.2 Å². The van der Waals surface area contributed by atoms with Crippen LogP contribution in [0.3, 0.4) is 0 Å². The molecule has 1 aliphatic rings. The number of hydrogen-bond acceptors (Lipinski definition) is 6. The molecule has 2 aromatic heterocycles. The Labute approximate surface area is 210 Å². The van der Waals surface area contributed by atoms with E-state index in [2.05, 4.69) is 21.3 Å². The van der Waals surface area contributed by atoms with Crippen molar-refractivity contribution >= 4 is 27.7 Å². The number of hydrogen-bond donors (Lipinski definition) is 2. The number of rotatable bonds is 9. The molecule has 1 fully saturated rings. The van der Waals surface area contributed by atoms with Crippen molar-refractivity contribution < 1.29 is 19.0 Å². The van der Waals surface area contributed by atoms with Gasteiger partial charge in [0, 0.05) is 41.5 Å². The van der Waals surface area contributed by atoms with Gasteiger partial charge in [-0.05, 0) is 50.2 Å². The molecule has 1 saturated heterocycles. The van der Waals surface area contributed by atoms with Crippen LogP contribution in [-0.4, -0.2) is 73.9 Å². The topological polar surface area (TPSA) is 88.7 Å². The van der Waals surface area contributed by atoms with Crippen LogP contribution >= 0.6 is 0 Å². The largest absolute Gasteiger partial charge is 0.493 e. The molecule has 2 N–H and O–H groups in total. The summed E-state index contributed by atoms with van der Waals surface area (Å²) in [6.07, 6.45) is 0.879. The molecule has 0 bridgehead atoms. The number of carbonyl (C=O) groups is 1. The number of ether oxygens (including phenoxy) is 3. The third kappa shape index (κ3) is 5.01. The maximum atomic E-state index is 13.2. The van der Waals surface area contributed by atoms with Gasteiger partial charge in [-0.1, -0.05) is 18.2 Å². The summed E-state index contributed by atoms with van der Waals surface area (Å²) < 4.78 is 16.7. The van der Waals surface area contributed by atoms with Gasteiger partial charge in [-0.15, -0.1) is 0 Å². The van der Waals surface area contributed by atoms with Crippen LogP contribution in [0.4, 0.5) is 0 Å². The average Bonchev–Trinajstić information content (AvgIpc) is 3.30. The molecule has 0 aliphatic carbocycles. The second kappa shape index (κ2) is 11.0. The van der Waals surface area contributed by atoms with Gasteiger partial charge in [0.2, 0.25) is 0 Å². The molecule has 188 valence electrons. The summed E-state index contributed by atoms with van der Waals surface area (Å²) in [5.74, 6) is 1.12. The Morgan fingerprint density at radius 1 is 1.11 bits per heavy atom. The standard InChI is InChI=1S/C28H32N4O4/c1-3-36-24-10-9-19(17-25(24)34-2)26-27-21(20-7-4-5-8-22(20)30-27)18-23(31-26)28(33)29-11-6-12-32-13-15-35-16-14-32/h4-5,7-10,17-18,30H,3,6,11-16H2,1-2H3,(H,29,33). The fourth-order valence-corrected chi connectivity index (χ4v) is 4.68. The summed E-state index contributed by atoms with van der Waals surface area (Å²) in [5.41, 5.74) is 3.81. The van der Waals surface area contributed by atoms with E-state index in [1.165, 1.54) is 0 Å². The molecule has 8 nitrogen and oxygen atoms in total. The van der Waals surface area contributed by atoms with Crippen molar-refractivity contribution in [3.63, 3.8) is 0 Å². The van der Waals surface area contributed by atoms with Gasteiger partial charge in [-0.2, -0.15) is 0 Å². The highest BCUT2D eigenvalue weighted by Gasteiger charge is 2.18. The van der Waals surface area contributed by atoms with Crippen LogP contribution in [-0.2, 0) is 4.74 Å². The molecule has 0 atom stereocenters. The minimum Gasteiger partial charge on any atom is -0.493 e. The molecule has 1 aliphatic heterocycles. The summed E-state index contributed by atoms with van der Waals surface area (Å²) in [5, 5.41) is 5.07. The second-order valence-electron chi connectivity index (χ2n) is 8.81.